The van der Waals surface area contributed by atoms with Crippen LogP contribution in [0.1, 0.15) is 5.82 Å². The van der Waals surface area contributed by atoms with Gasteiger partial charge < -0.3 is 4.57 Å². The predicted molar refractivity (Wildman–Crippen MR) is 63.5 cm³/mol. The number of halogens is 1. The van der Waals surface area contributed by atoms with E-state index in [0.29, 0.717) is 6.54 Å². The highest BCUT2D eigenvalue weighted by molar-refractivity contribution is 14.1. The molecule has 0 atom stereocenters. The van der Waals surface area contributed by atoms with Crippen LogP contribution >= 0.6 is 22.6 Å². The van der Waals surface area contributed by atoms with Crippen molar-refractivity contribution < 1.29 is 0 Å². The number of rotatable bonds is 2. The Balaban J connectivity index is 2.33. The first-order valence-electron chi connectivity index (χ1n) is 4.35. The van der Waals surface area contributed by atoms with E-state index in [1.807, 2.05) is 17.8 Å². The Morgan fingerprint density at radius 2 is 2.33 bits per heavy atom. The molecule has 15 heavy (non-hydrogen) atoms. The molecule has 2 aromatic heterocycles. The van der Waals surface area contributed by atoms with Crippen LogP contribution in [-0.2, 0) is 13.6 Å². The zero-order valence-corrected chi connectivity index (χ0v) is 10.2. The molecule has 2 rings (SSSR count). The highest BCUT2D eigenvalue weighted by Gasteiger charge is 2.03. The third-order valence-electron chi connectivity index (χ3n) is 2.05. The van der Waals surface area contributed by atoms with Gasteiger partial charge in [0.05, 0.1) is 6.20 Å². The van der Waals surface area contributed by atoms with Gasteiger partial charge in [-0.1, -0.05) is 0 Å². The number of aromatic nitrogens is 4. The third-order valence-corrected chi connectivity index (χ3v) is 2.64. The normalized spacial score (nSPS) is 10.5. The van der Waals surface area contributed by atoms with Crippen molar-refractivity contribution in [3.8, 4) is 0 Å². The van der Waals surface area contributed by atoms with Gasteiger partial charge in [-0.2, -0.15) is 5.10 Å². The van der Waals surface area contributed by atoms with Crippen molar-refractivity contribution >= 4 is 22.6 Å². The van der Waals surface area contributed by atoms with Crippen LogP contribution in [0.25, 0.3) is 0 Å². The molecule has 0 saturated heterocycles. The smallest absolute Gasteiger partial charge is 0.268 e. The minimum Gasteiger partial charge on any atom is -0.336 e. The molecule has 2 aromatic rings. The van der Waals surface area contributed by atoms with E-state index in [9.17, 15) is 4.79 Å². The summed E-state index contributed by atoms with van der Waals surface area (Å²) >= 11 is 2.06. The first-order valence-corrected chi connectivity index (χ1v) is 5.43. The second kappa shape index (κ2) is 4.13. The van der Waals surface area contributed by atoms with Crippen molar-refractivity contribution in [3.63, 3.8) is 0 Å². The number of nitrogens with zero attached hydrogens (tertiary/aromatic N) is 4. The fraction of sp³-hybridized carbons (Fsp3) is 0.222. The SMILES string of the molecule is Cn1ccnc1Cn1ncc(I)cc1=O. The van der Waals surface area contributed by atoms with Crippen LogP contribution < -0.4 is 5.56 Å². The lowest BCUT2D eigenvalue weighted by atomic mass is 10.5. The Bertz CT molecular complexity index is 531. The maximum absolute atomic E-state index is 11.5. The molecule has 0 unspecified atom stereocenters. The zero-order valence-electron chi connectivity index (χ0n) is 8.09. The monoisotopic (exact) mass is 316 g/mol. The summed E-state index contributed by atoms with van der Waals surface area (Å²) in [6.07, 6.45) is 5.20. The van der Waals surface area contributed by atoms with Crippen LogP contribution in [0.3, 0.4) is 0 Å². The molecule has 0 aliphatic carbocycles. The Morgan fingerprint density at radius 1 is 1.53 bits per heavy atom. The Kier molecular flexibility index (Phi) is 2.85. The van der Waals surface area contributed by atoms with E-state index < -0.39 is 0 Å². The number of hydrogen-bond acceptors (Lipinski definition) is 3. The summed E-state index contributed by atoms with van der Waals surface area (Å²) in [6, 6.07) is 1.55. The first kappa shape index (κ1) is 10.3. The van der Waals surface area contributed by atoms with Crippen LogP contribution in [0.4, 0.5) is 0 Å². The van der Waals surface area contributed by atoms with E-state index in [0.717, 1.165) is 9.39 Å². The largest absolute Gasteiger partial charge is 0.336 e. The van der Waals surface area contributed by atoms with Gasteiger partial charge in [-0.15, -0.1) is 0 Å². The molecule has 5 nitrogen and oxygen atoms in total. The van der Waals surface area contributed by atoms with Gasteiger partial charge in [-0.25, -0.2) is 9.67 Å². The molecule has 0 bridgehead atoms. The first-order chi connectivity index (χ1) is 7.16. The molecule has 0 aliphatic rings. The summed E-state index contributed by atoms with van der Waals surface area (Å²) in [5, 5.41) is 4.04. The summed E-state index contributed by atoms with van der Waals surface area (Å²) < 4.78 is 4.10. The second-order valence-electron chi connectivity index (χ2n) is 3.12. The molecule has 78 valence electrons. The molecule has 0 aromatic carbocycles. The summed E-state index contributed by atoms with van der Waals surface area (Å²) in [5.74, 6) is 0.811. The highest BCUT2D eigenvalue weighted by atomic mass is 127. The van der Waals surface area contributed by atoms with Gasteiger partial charge >= 0.3 is 0 Å². The second-order valence-corrected chi connectivity index (χ2v) is 4.37. The fourth-order valence-corrected chi connectivity index (χ4v) is 1.60. The summed E-state index contributed by atoms with van der Waals surface area (Å²) in [4.78, 5) is 15.7. The van der Waals surface area contributed by atoms with Crippen molar-refractivity contribution in [1.82, 2.24) is 19.3 Å². The van der Waals surface area contributed by atoms with Crippen LogP contribution in [0, 0.1) is 3.57 Å². The Hall–Kier alpha value is -1.18. The van der Waals surface area contributed by atoms with Crippen LogP contribution in [-0.4, -0.2) is 19.3 Å². The van der Waals surface area contributed by atoms with E-state index in [1.54, 1.807) is 18.5 Å². The average molecular weight is 316 g/mol. The molecule has 0 spiro atoms. The molecule has 0 radical (unpaired) electrons. The predicted octanol–water partition coefficient (Wildman–Crippen LogP) is 0.630. The lowest BCUT2D eigenvalue weighted by Gasteiger charge is -2.03. The molecule has 0 fully saturated rings. The number of hydrogen-bond donors (Lipinski definition) is 0. The summed E-state index contributed by atoms with van der Waals surface area (Å²) in [7, 11) is 1.89. The van der Waals surface area contributed by atoms with Crippen molar-refractivity contribution in [2.45, 2.75) is 6.54 Å². The van der Waals surface area contributed by atoms with Crippen molar-refractivity contribution in [3.05, 3.63) is 44.4 Å². The van der Waals surface area contributed by atoms with Gasteiger partial charge in [-0.3, -0.25) is 4.79 Å². The highest BCUT2D eigenvalue weighted by Crippen LogP contribution is 1.98. The van der Waals surface area contributed by atoms with Crippen molar-refractivity contribution in [2.75, 3.05) is 0 Å². The van der Waals surface area contributed by atoms with Gasteiger partial charge in [0.2, 0.25) is 0 Å². The van der Waals surface area contributed by atoms with Gasteiger partial charge in [0, 0.05) is 29.1 Å². The lowest BCUT2D eigenvalue weighted by molar-refractivity contribution is 0.595. The fourth-order valence-electron chi connectivity index (χ4n) is 1.21. The van der Waals surface area contributed by atoms with Crippen LogP contribution in [0.5, 0.6) is 0 Å². The Labute approximate surface area is 99.9 Å². The zero-order chi connectivity index (χ0) is 10.8. The minimum absolute atomic E-state index is 0.107. The van der Waals surface area contributed by atoms with Gasteiger partial charge in [0.15, 0.2) is 0 Å². The average Bonchev–Trinajstić information content (AvgIpc) is 2.57. The minimum atomic E-state index is -0.107. The maximum atomic E-state index is 11.5. The molecular weight excluding hydrogens is 307 g/mol. The van der Waals surface area contributed by atoms with E-state index in [1.165, 1.54) is 4.68 Å². The standard InChI is InChI=1S/C9H9IN4O/c1-13-3-2-11-8(13)6-14-9(15)4-7(10)5-12-14/h2-5H,6H2,1H3. The van der Waals surface area contributed by atoms with Crippen LogP contribution in [0.15, 0.2) is 29.5 Å². The number of imidazole rings is 1. The lowest BCUT2D eigenvalue weighted by Crippen LogP contribution is -2.24. The Morgan fingerprint density at radius 3 is 2.93 bits per heavy atom. The van der Waals surface area contributed by atoms with Gasteiger partial charge in [-0.05, 0) is 22.6 Å². The molecule has 0 N–H and O–H groups in total. The van der Waals surface area contributed by atoms with Crippen molar-refractivity contribution in [1.29, 1.82) is 0 Å². The summed E-state index contributed by atoms with van der Waals surface area (Å²) in [5.41, 5.74) is -0.107. The van der Waals surface area contributed by atoms with E-state index >= 15 is 0 Å². The molecule has 6 heteroatoms. The molecule has 2 heterocycles. The third kappa shape index (κ3) is 2.25. The quantitative estimate of drug-likeness (QED) is 0.764. The topological polar surface area (TPSA) is 52.7 Å². The van der Waals surface area contributed by atoms with E-state index in [-0.39, 0.29) is 5.56 Å². The maximum Gasteiger partial charge on any atom is 0.268 e. The van der Waals surface area contributed by atoms with Crippen LogP contribution in [0.2, 0.25) is 0 Å². The van der Waals surface area contributed by atoms with Gasteiger partial charge in [0.1, 0.15) is 12.4 Å². The van der Waals surface area contributed by atoms with Crippen molar-refractivity contribution in [2.24, 2.45) is 7.05 Å². The molecule has 0 saturated carbocycles. The summed E-state index contributed by atoms with van der Waals surface area (Å²) in [6.45, 7) is 0.402. The number of aryl methyl sites for hydroxylation is 1. The molecule has 0 aliphatic heterocycles. The van der Waals surface area contributed by atoms with Gasteiger partial charge in [0.25, 0.3) is 5.56 Å². The van der Waals surface area contributed by atoms with E-state index in [4.69, 9.17) is 0 Å². The van der Waals surface area contributed by atoms with E-state index in [2.05, 4.69) is 32.7 Å². The molecular formula is C9H9IN4O. The molecule has 0 amide bonds.